The standard InChI is InChI=1S/C13H10Cl2FNO3S/c14-8-4-5-12(13(6-8)21(17,18)19)20-7-9-10(15)2-1-3-11(9)16/h1-6H,7H2,(H2,17,18,19). The van der Waals surface area contributed by atoms with Gasteiger partial charge in [0, 0.05) is 10.6 Å². The van der Waals surface area contributed by atoms with Crippen molar-refractivity contribution in [3.63, 3.8) is 0 Å². The number of nitrogens with two attached hydrogens (primary N) is 1. The van der Waals surface area contributed by atoms with Crippen LogP contribution in [0.3, 0.4) is 0 Å². The van der Waals surface area contributed by atoms with Crippen LogP contribution in [0.4, 0.5) is 4.39 Å². The second-order valence-electron chi connectivity index (χ2n) is 4.12. The van der Waals surface area contributed by atoms with E-state index in [1.165, 1.54) is 30.3 Å². The number of primary sulfonamides is 1. The molecule has 0 atom stereocenters. The zero-order chi connectivity index (χ0) is 15.6. The van der Waals surface area contributed by atoms with E-state index < -0.39 is 15.8 Å². The Morgan fingerprint density at radius 3 is 2.52 bits per heavy atom. The molecule has 0 aliphatic carbocycles. The highest BCUT2D eigenvalue weighted by atomic mass is 35.5. The maximum Gasteiger partial charge on any atom is 0.241 e. The predicted molar refractivity (Wildman–Crippen MR) is 78.6 cm³/mol. The molecule has 0 fully saturated rings. The van der Waals surface area contributed by atoms with Gasteiger partial charge >= 0.3 is 0 Å². The molecule has 2 aromatic carbocycles. The molecular weight excluding hydrogens is 340 g/mol. The van der Waals surface area contributed by atoms with Crippen molar-refractivity contribution in [3.8, 4) is 5.75 Å². The molecule has 0 saturated heterocycles. The summed E-state index contributed by atoms with van der Waals surface area (Å²) < 4.78 is 41.9. The molecule has 0 aliphatic heterocycles. The molecule has 0 spiro atoms. The first kappa shape index (κ1) is 16.0. The van der Waals surface area contributed by atoms with E-state index in [0.717, 1.165) is 6.07 Å². The zero-order valence-corrected chi connectivity index (χ0v) is 12.8. The first-order valence-corrected chi connectivity index (χ1v) is 7.97. The summed E-state index contributed by atoms with van der Waals surface area (Å²) in [5, 5.41) is 5.46. The first-order valence-electron chi connectivity index (χ1n) is 5.67. The maximum atomic E-state index is 13.6. The van der Waals surface area contributed by atoms with Crippen molar-refractivity contribution in [1.82, 2.24) is 0 Å². The molecule has 0 unspecified atom stereocenters. The quantitative estimate of drug-likeness (QED) is 0.919. The van der Waals surface area contributed by atoms with E-state index in [9.17, 15) is 12.8 Å². The monoisotopic (exact) mass is 349 g/mol. The van der Waals surface area contributed by atoms with Crippen molar-refractivity contribution in [2.75, 3.05) is 0 Å². The second kappa shape index (κ2) is 6.19. The fourth-order valence-corrected chi connectivity index (χ4v) is 2.80. The SMILES string of the molecule is NS(=O)(=O)c1cc(Cl)ccc1OCc1c(F)cccc1Cl. The van der Waals surface area contributed by atoms with Gasteiger partial charge in [-0.1, -0.05) is 29.3 Å². The van der Waals surface area contributed by atoms with Crippen LogP contribution in [-0.4, -0.2) is 8.42 Å². The van der Waals surface area contributed by atoms with Gasteiger partial charge in [0.15, 0.2) is 0 Å². The van der Waals surface area contributed by atoms with Crippen molar-refractivity contribution in [3.05, 3.63) is 57.8 Å². The number of halogens is 3. The predicted octanol–water partition coefficient (Wildman–Crippen LogP) is 3.36. The summed E-state index contributed by atoms with van der Waals surface area (Å²) in [5.74, 6) is -0.574. The molecule has 0 bridgehead atoms. The topological polar surface area (TPSA) is 69.4 Å². The van der Waals surface area contributed by atoms with Gasteiger partial charge in [-0.15, -0.1) is 0 Å². The number of rotatable bonds is 4. The van der Waals surface area contributed by atoms with Crippen molar-refractivity contribution >= 4 is 33.2 Å². The van der Waals surface area contributed by atoms with Crippen molar-refractivity contribution in [2.24, 2.45) is 5.14 Å². The van der Waals surface area contributed by atoms with Gasteiger partial charge in [-0.3, -0.25) is 0 Å². The highest BCUT2D eigenvalue weighted by molar-refractivity contribution is 7.89. The van der Waals surface area contributed by atoms with Crippen LogP contribution >= 0.6 is 23.2 Å². The Hall–Kier alpha value is -1.34. The van der Waals surface area contributed by atoms with E-state index in [4.69, 9.17) is 33.1 Å². The fraction of sp³-hybridized carbons (Fsp3) is 0.0769. The zero-order valence-electron chi connectivity index (χ0n) is 10.5. The van der Waals surface area contributed by atoms with Gasteiger partial charge in [0.25, 0.3) is 0 Å². The maximum absolute atomic E-state index is 13.6. The summed E-state index contributed by atoms with van der Waals surface area (Å²) in [4.78, 5) is -0.275. The van der Waals surface area contributed by atoms with Gasteiger partial charge < -0.3 is 4.74 Å². The molecule has 21 heavy (non-hydrogen) atoms. The molecular formula is C13H10Cl2FNO3S. The Morgan fingerprint density at radius 2 is 1.90 bits per heavy atom. The molecule has 4 nitrogen and oxygen atoms in total. The van der Waals surface area contributed by atoms with E-state index in [1.807, 2.05) is 0 Å². The van der Waals surface area contributed by atoms with E-state index in [2.05, 4.69) is 0 Å². The normalized spacial score (nSPS) is 11.4. The third-order valence-corrected chi connectivity index (χ3v) is 4.17. The Bertz CT molecular complexity index is 761. The van der Waals surface area contributed by atoms with Crippen LogP contribution < -0.4 is 9.88 Å². The number of hydrogen-bond donors (Lipinski definition) is 1. The summed E-state index contributed by atoms with van der Waals surface area (Å²) in [6.45, 7) is -0.240. The fourth-order valence-electron chi connectivity index (χ4n) is 1.64. The summed E-state index contributed by atoms with van der Waals surface area (Å²) in [7, 11) is -4.02. The van der Waals surface area contributed by atoms with Crippen LogP contribution in [0.2, 0.25) is 10.0 Å². The summed E-state index contributed by atoms with van der Waals surface area (Å²) in [5.41, 5.74) is 0.120. The lowest BCUT2D eigenvalue weighted by Gasteiger charge is -2.12. The van der Waals surface area contributed by atoms with Crippen LogP contribution in [0, 0.1) is 5.82 Å². The molecule has 2 rings (SSSR count). The smallest absolute Gasteiger partial charge is 0.241 e. The van der Waals surface area contributed by atoms with Crippen LogP contribution in [0.5, 0.6) is 5.75 Å². The van der Waals surface area contributed by atoms with Gasteiger partial charge in [-0.25, -0.2) is 17.9 Å². The van der Waals surface area contributed by atoms with Gasteiger partial charge in [-0.05, 0) is 30.3 Å². The first-order chi connectivity index (χ1) is 9.79. The highest BCUT2D eigenvalue weighted by Crippen LogP contribution is 2.28. The number of benzene rings is 2. The van der Waals surface area contributed by atoms with Crippen molar-refractivity contribution < 1.29 is 17.5 Å². The Balaban J connectivity index is 2.33. The number of ether oxygens (including phenoxy) is 1. The van der Waals surface area contributed by atoms with Gasteiger partial charge in [0.1, 0.15) is 23.1 Å². The Morgan fingerprint density at radius 1 is 1.19 bits per heavy atom. The molecule has 2 aromatic rings. The van der Waals surface area contributed by atoms with Crippen molar-refractivity contribution in [1.29, 1.82) is 0 Å². The minimum Gasteiger partial charge on any atom is -0.487 e. The average molecular weight is 350 g/mol. The largest absolute Gasteiger partial charge is 0.487 e. The lowest BCUT2D eigenvalue weighted by molar-refractivity contribution is 0.292. The van der Waals surface area contributed by atoms with Crippen LogP contribution in [0.15, 0.2) is 41.3 Å². The minimum absolute atomic E-state index is 0.0266. The third-order valence-electron chi connectivity index (χ3n) is 2.65. The molecule has 2 N–H and O–H groups in total. The lowest BCUT2D eigenvalue weighted by atomic mass is 10.2. The summed E-state index contributed by atoms with van der Waals surface area (Å²) in [6, 6.07) is 8.14. The average Bonchev–Trinajstić information content (AvgIpc) is 2.38. The molecule has 0 aliphatic rings. The Labute approximate surface area is 131 Å². The molecule has 0 heterocycles. The summed E-state index contributed by atoms with van der Waals surface area (Å²) >= 11 is 11.6. The molecule has 8 heteroatoms. The van der Waals surface area contributed by atoms with Gasteiger partial charge in [0.2, 0.25) is 10.0 Å². The lowest BCUT2D eigenvalue weighted by Crippen LogP contribution is -2.14. The summed E-state index contributed by atoms with van der Waals surface area (Å²) in [6.07, 6.45) is 0. The Kier molecular flexibility index (Phi) is 4.73. The van der Waals surface area contributed by atoms with E-state index in [0.29, 0.717) is 0 Å². The van der Waals surface area contributed by atoms with Crippen LogP contribution in [0.1, 0.15) is 5.56 Å². The molecule has 112 valence electrons. The number of sulfonamides is 1. The van der Waals surface area contributed by atoms with Gasteiger partial charge in [-0.2, -0.15) is 0 Å². The molecule has 0 saturated carbocycles. The van der Waals surface area contributed by atoms with E-state index in [-0.39, 0.29) is 32.9 Å². The molecule has 0 amide bonds. The van der Waals surface area contributed by atoms with Crippen molar-refractivity contribution in [2.45, 2.75) is 11.5 Å². The van der Waals surface area contributed by atoms with E-state index >= 15 is 0 Å². The third kappa shape index (κ3) is 3.85. The molecule has 0 radical (unpaired) electrons. The molecule has 0 aromatic heterocycles. The van der Waals surface area contributed by atoms with E-state index in [1.54, 1.807) is 0 Å². The second-order valence-corrected chi connectivity index (χ2v) is 6.50. The van der Waals surface area contributed by atoms with Crippen LogP contribution in [-0.2, 0) is 16.6 Å². The highest BCUT2D eigenvalue weighted by Gasteiger charge is 2.17. The van der Waals surface area contributed by atoms with Crippen LogP contribution in [0.25, 0.3) is 0 Å². The van der Waals surface area contributed by atoms with Gasteiger partial charge in [0.05, 0.1) is 5.02 Å². The minimum atomic E-state index is -4.02. The number of hydrogen-bond acceptors (Lipinski definition) is 3.